The standard InChI is InChI=1S/C13H16F2/c1-2-3-9-4-5-10-6-7-12(14)13(15)11(10)8-9/h6-7,9H,2-5,8H2,1H3/t9-/m1/s1. The van der Waals surface area contributed by atoms with Crippen molar-refractivity contribution in [1.29, 1.82) is 0 Å². The lowest BCUT2D eigenvalue weighted by Crippen LogP contribution is -2.16. The van der Waals surface area contributed by atoms with Crippen molar-refractivity contribution in [1.82, 2.24) is 0 Å². The fourth-order valence-electron chi connectivity index (χ4n) is 2.49. The molecule has 1 aliphatic carbocycles. The topological polar surface area (TPSA) is 0 Å². The maximum Gasteiger partial charge on any atom is 0.162 e. The third kappa shape index (κ3) is 2.04. The molecule has 0 saturated heterocycles. The van der Waals surface area contributed by atoms with E-state index in [1.54, 1.807) is 6.07 Å². The van der Waals surface area contributed by atoms with Crippen molar-refractivity contribution in [2.45, 2.75) is 39.0 Å². The molecule has 0 saturated carbocycles. The molecule has 0 N–H and O–H groups in total. The molecule has 82 valence electrons. The Morgan fingerprint density at radius 1 is 1.33 bits per heavy atom. The lowest BCUT2D eigenvalue weighted by Gasteiger charge is -2.24. The lowest BCUT2D eigenvalue weighted by molar-refractivity contribution is 0.402. The molecule has 0 bridgehead atoms. The summed E-state index contributed by atoms with van der Waals surface area (Å²) in [6, 6.07) is 2.98. The highest BCUT2D eigenvalue weighted by molar-refractivity contribution is 5.32. The van der Waals surface area contributed by atoms with E-state index in [1.165, 1.54) is 6.07 Å². The van der Waals surface area contributed by atoms with Crippen LogP contribution < -0.4 is 0 Å². The molecular weight excluding hydrogens is 194 g/mol. The van der Waals surface area contributed by atoms with E-state index in [-0.39, 0.29) is 0 Å². The molecule has 1 atom stereocenters. The van der Waals surface area contributed by atoms with Crippen LogP contribution in [-0.4, -0.2) is 0 Å². The SMILES string of the molecule is CCC[C@@H]1CCc2ccc(F)c(F)c2C1. The van der Waals surface area contributed by atoms with Crippen molar-refractivity contribution in [2.24, 2.45) is 5.92 Å². The number of fused-ring (bicyclic) bond motifs is 1. The highest BCUT2D eigenvalue weighted by atomic mass is 19.2. The summed E-state index contributed by atoms with van der Waals surface area (Å²) in [7, 11) is 0. The van der Waals surface area contributed by atoms with Crippen molar-refractivity contribution < 1.29 is 8.78 Å². The number of hydrogen-bond acceptors (Lipinski definition) is 0. The first-order valence-corrected chi connectivity index (χ1v) is 5.68. The molecule has 0 unspecified atom stereocenters. The second-order valence-corrected chi connectivity index (χ2v) is 4.40. The smallest absolute Gasteiger partial charge is 0.162 e. The normalized spacial score (nSPS) is 20.1. The van der Waals surface area contributed by atoms with Gasteiger partial charge < -0.3 is 0 Å². The predicted octanol–water partition coefficient (Wildman–Crippen LogP) is 3.87. The molecule has 0 aliphatic heterocycles. The Balaban J connectivity index is 2.27. The summed E-state index contributed by atoms with van der Waals surface area (Å²) in [6.45, 7) is 2.14. The van der Waals surface area contributed by atoms with Gasteiger partial charge in [0.15, 0.2) is 11.6 Å². The molecule has 0 aromatic heterocycles. The van der Waals surface area contributed by atoms with Gasteiger partial charge in [-0.1, -0.05) is 25.8 Å². The summed E-state index contributed by atoms with van der Waals surface area (Å²) in [5, 5.41) is 0. The van der Waals surface area contributed by atoms with Gasteiger partial charge in [-0.15, -0.1) is 0 Å². The number of rotatable bonds is 2. The van der Waals surface area contributed by atoms with Gasteiger partial charge in [0.2, 0.25) is 0 Å². The molecule has 0 nitrogen and oxygen atoms in total. The monoisotopic (exact) mass is 210 g/mol. The number of halogens is 2. The van der Waals surface area contributed by atoms with Gasteiger partial charge in [-0.2, -0.15) is 0 Å². The van der Waals surface area contributed by atoms with Crippen LogP contribution in [0.15, 0.2) is 12.1 Å². The minimum Gasteiger partial charge on any atom is -0.204 e. The lowest BCUT2D eigenvalue weighted by atomic mass is 9.81. The second kappa shape index (κ2) is 4.30. The van der Waals surface area contributed by atoms with Crippen LogP contribution in [0.2, 0.25) is 0 Å². The van der Waals surface area contributed by atoms with Crippen LogP contribution >= 0.6 is 0 Å². The number of hydrogen-bond donors (Lipinski definition) is 0. The first-order chi connectivity index (χ1) is 7.22. The Bertz CT molecular complexity index is 358. The molecule has 0 amide bonds. The highest BCUT2D eigenvalue weighted by Gasteiger charge is 2.22. The van der Waals surface area contributed by atoms with Gasteiger partial charge in [-0.25, -0.2) is 8.78 Å². The summed E-state index contributed by atoms with van der Waals surface area (Å²) < 4.78 is 26.6. The van der Waals surface area contributed by atoms with Crippen LogP contribution in [0, 0.1) is 17.6 Å². The van der Waals surface area contributed by atoms with Crippen molar-refractivity contribution in [2.75, 3.05) is 0 Å². The van der Waals surface area contributed by atoms with Crippen LogP contribution in [0.3, 0.4) is 0 Å². The average Bonchev–Trinajstić information content (AvgIpc) is 2.25. The molecule has 0 heterocycles. The average molecular weight is 210 g/mol. The van der Waals surface area contributed by atoms with Crippen molar-refractivity contribution in [3.63, 3.8) is 0 Å². The van der Waals surface area contributed by atoms with E-state index in [1.807, 2.05) is 0 Å². The summed E-state index contributed by atoms with van der Waals surface area (Å²) in [6.07, 6.45) is 4.97. The number of aryl methyl sites for hydroxylation is 1. The van der Waals surface area contributed by atoms with E-state index in [9.17, 15) is 8.78 Å². The van der Waals surface area contributed by atoms with Gasteiger partial charge >= 0.3 is 0 Å². The van der Waals surface area contributed by atoms with Gasteiger partial charge in [-0.3, -0.25) is 0 Å². The maximum atomic E-state index is 13.5. The van der Waals surface area contributed by atoms with Crippen LogP contribution in [0.5, 0.6) is 0 Å². The fraction of sp³-hybridized carbons (Fsp3) is 0.538. The zero-order valence-corrected chi connectivity index (χ0v) is 9.02. The van der Waals surface area contributed by atoms with Gasteiger partial charge in [0.05, 0.1) is 0 Å². The molecule has 0 radical (unpaired) electrons. The highest BCUT2D eigenvalue weighted by Crippen LogP contribution is 2.30. The van der Waals surface area contributed by atoms with Crippen molar-refractivity contribution in [3.8, 4) is 0 Å². The van der Waals surface area contributed by atoms with Gasteiger partial charge in [-0.05, 0) is 42.4 Å². The van der Waals surface area contributed by atoms with E-state index < -0.39 is 11.6 Å². The quantitative estimate of drug-likeness (QED) is 0.695. The molecule has 1 aliphatic rings. The van der Waals surface area contributed by atoms with E-state index in [2.05, 4.69) is 6.92 Å². The molecule has 1 aromatic carbocycles. The molecule has 2 heteroatoms. The third-order valence-corrected chi connectivity index (χ3v) is 3.30. The molecule has 15 heavy (non-hydrogen) atoms. The van der Waals surface area contributed by atoms with E-state index in [0.29, 0.717) is 17.9 Å². The Hall–Kier alpha value is -0.920. The largest absolute Gasteiger partial charge is 0.204 e. The Morgan fingerprint density at radius 2 is 2.13 bits per heavy atom. The number of benzene rings is 1. The van der Waals surface area contributed by atoms with E-state index in [0.717, 1.165) is 31.2 Å². The van der Waals surface area contributed by atoms with Gasteiger partial charge in [0.25, 0.3) is 0 Å². The summed E-state index contributed by atoms with van der Waals surface area (Å²) in [4.78, 5) is 0. The summed E-state index contributed by atoms with van der Waals surface area (Å²) in [5.74, 6) is -0.780. The zero-order chi connectivity index (χ0) is 10.8. The molecule has 0 spiro atoms. The Labute approximate surface area is 89.3 Å². The summed E-state index contributed by atoms with van der Waals surface area (Å²) in [5.41, 5.74) is 1.63. The minimum atomic E-state index is -0.703. The van der Waals surface area contributed by atoms with Gasteiger partial charge in [0, 0.05) is 0 Å². The predicted molar refractivity (Wildman–Crippen MR) is 56.8 cm³/mol. The molecule has 2 rings (SSSR count). The van der Waals surface area contributed by atoms with Crippen LogP contribution in [0.4, 0.5) is 8.78 Å². The minimum absolute atomic E-state index is 0.541. The Kier molecular flexibility index (Phi) is 3.03. The Morgan fingerprint density at radius 3 is 2.87 bits per heavy atom. The second-order valence-electron chi connectivity index (χ2n) is 4.40. The zero-order valence-electron chi connectivity index (χ0n) is 9.02. The van der Waals surface area contributed by atoms with Gasteiger partial charge in [0.1, 0.15) is 0 Å². The third-order valence-electron chi connectivity index (χ3n) is 3.30. The first kappa shape index (κ1) is 10.6. The maximum absolute atomic E-state index is 13.5. The first-order valence-electron chi connectivity index (χ1n) is 5.68. The van der Waals surface area contributed by atoms with E-state index >= 15 is 0 Å². The fourth-order valence-corrected chi connectivity index (χ4v) is 2.49. The van der Waals surface area contributed by atoms with Crippen LogP contribution in [-0.2, 0) is 12.8 Å². The van der Waals surface area contributed by atoms with Crippen molar-refractivity contribution in [3.05, 3.63) is 34.9 Å². The molecule has 1 aromatic rings. The summed E-state index contributed by atoms with van der Waals surface area (Å²) >= 11 is 0. The van der Waals surface area contributed by atoms with Crippen LogP contribution in [0.1, 0.15) is 37.3 Å². The van der Waals surface area contributed by atoms with E-state index in [4.69, 9.17) is 0 Å². The van der Waals surface area contributed by atoms with Crippen LogP contribution in [0.25, 0.3) is 0 Å². The molecule has 0 fully saturated rings. The molecular formula is C13H16F2. The van der Waals surface area contributed by atoms with Crippen molar-refractivity contribution >= 4 is 0 Å².